The van der Waals surface area contributed by atoms with Crippen LogP contribution in [0.1, 0.15) is 6.92 Å². The monoisotopic (exact) mass is 235 g/mol. The van der Waals surface area contributed by atoms with Crippen molar-refractivity contribution >= 4 is 11.7 Å². The number of urea groups is 1. The smallest absolute Gasteiger partial charge is 0.315 e. The van der Waals surface area contributed by atoms with Crippen molar-refractivity contribution in [1.29, 1.82) is 0 Å². The molecule has 1 unspecified atom stereocenters. The van der Waals surface area contributed by atoms with Gasteiger partial charge in [0.1, 0.15) is 12.4 Å². The van der Waals surface area contributed by atoms with Crippen molar-refractivity contribution in [3.63, 3.8) is 0 Å². The van der Waals surface area contributed by atoms with Crippen LogP contribution in [0.25, 0.3) is 0 Å². The van der Waals surface area contributed by atoms with Crippen LogP contribution in [0, 0.1) is 0 Å². The molecular formula is C12H17N3O2. The minimum atomic E-state index is -0.408. The number of anilines is 1. The molecule has 1 aromatic carbocycles. The Morgan fingerprint density at radius 1 is 1.59 bits per heavy atom. The molecule has 0 radical (unpaired) electrons. The maximum absolute atomic E-state index is 11.3. The highest BCUT2D eigenvalue weighted by Crippen LogP contribution is 2.26. The second kappa shape index (κ2) is 4.95. The van der Waals surface area contributed by atoms with Gasteiger partial charge in [-0.3, -0.25) is 0 Å². The minimum Gasteiger partial charge on any atom is -0.489 e. The summed E-state index contributed by atoms with van der Waals surface area (Å²) in [5.41, 5.74) is 6.29. The Balaban J connectivity index is 2.11. The van der Waals surface area contributed by atoms with Crippen LogP contribution in [-0.4, -0.2) is 36.7 Å². The number of benzene rings is 1. The Kier molecular flexibility index (Phi) is 3.37. The molecule has 5 nitrogen and oxygen atoms in total. The van der Waals surface area contributed by atoms with Gasteiger partial charge in [0.15, 0.2) is 0 Å². The predicted octanol–water partition coefficient (Wildman–Crippen LogP) is 1.26. The maximum atomic E-state index is 11.3. The summed E-state index contributed by atoms with van der Waals surface area (Å²) in [7, 11) is 0. The molecule has 0 saturated heterocycles. The molecule has 1 atom stereocenters. The van der Waals surface area contributed by atoms with Crippen molar-refractivity contribution in [2.45, 2.75) is 13.0 Å². The van der Waals surface area contributed by atoms with Gasteiger partial charge in [0.05, 0.1) is 11.7 Å². The molecule has 17 heavy (non-hydrogen) atoms. The third-order valence-electron chi connectivity index (χ3n) is 2.91. The molecule has 1 aromatic rings. The summed E-state index contributed by atoms with van der Waals surface area (Å²) in [6.07, 6.45) is 0. The number of nitrogens with two attached hydrogens (primary N) is 1. The van der Waals surface area contributed by atoms with Crippen LogP contribution in [0.15, 0.2) is 24.3 Å². The fourth-order valence-corrected chi connectivity index (χ4v) is 2.01. The average Bonchev–Trinajstić information content (AvgIpc) is 2.53. The SMILES string of the molecule is CCN(C(N)=O)C1CNc2ccccc2OC1. The van der Waals surface area contributed by atoms with Gasteiger partial charge in [-0.2, -0.15) is 0 Å². The number of nitrogens with zero attached hydrogens (tertiary/aromatic N) is 1. The third kappa shape index (κ3) is 2.43. The highest BCUT2D eigenvalue weighted by molar-refractivity contribution is 5.72. The Morgan fingerprint density at radius 2 is 2.35 bits per heavy atom. The van der Waals surface area contributed by atoms with Crippen molar-refractivity contribution < 1.29 is 9.53 Å². The molecule has 0 aliphatic carbocycles. The summed E-state index contributed by atoms with van der Waals surface area (Å²) in [6, 6.07) is 7.29. The van der Waals surface area contributed by atoms with E-state index in [-0.39, 0.29) is 6.04 Å². The predicted molar refractivity (Wildman–Crippen MR) is 66.2 cm³/mol. The number of hydrogen-bond donors (Lipinski definition) is 2. The number of hydrogen-bond acceptors (Lipinski definition) is 3. The van der Waals surface area contributed by atoms with E-state index in [4.69, 9.17) is 10.5 Å². The van der Waals surface area contributed by atoms with Crippen molar-refractivity contribution in [2.24, 2.45) is 5.73 Å². The highest BCUT2D eigenvalue weighted by atomic mass is 16.5. The summed E-state index contributed by atoms with van der Waals surface area (Å²) < 4.78 is 5.68. The molecule has 0 spiro atoms. The number of rotatable bonds is 2. The molecule has 5 heteroatoms. The zero-order valence-electron chi connectivity index (χ0n) is 9.85. The molecule has 0 saturated carbocycles. The number of amides is 2. The lowest BCUT2D eigenvalue weighted by Crippen LogP contribution is -2.48. The van der Waals surface area contributed by atoms with Crippen LogP contribution in [0.4, 0.5) is 10.5 Å². The van der Waals surface area contributed by atoms with E-state index in [0.717, 1.165) is 11.4 Å². The Labute approximate surface area is 101 Å². The lowest BCUT2D eigenvalue weighted by Gasteiger charge is -2.27. The van der Waals surface area contributed by atoms with Gasteiger partial charge in [-0.25, -0.2) is 4.79 Å². The zero-order chi connectivity index (χ0) is 12.3. The van der Waals surface area contributed by atoms with Crippen molar-refractivity contribution in [2.75, 3.05) is 25.0 Å². The molecule has 0 bridgehead atoms. The standard InChI is InChI=1S/C12H17N3O2/c1-2-15(12(13)16)9-7-14-10-5-3-4-6-11(10)17-8-9/h3-6,9,14H,2,7-8H2,1H3,(H2,13,16). The third-order valence-corrected chi connectivity index (χ3v) is 2.91. The van der Waals surface area contributed by atoms with E-state index in [1.165, 1.54) is 0 Å². The quantitative estimate of drug-likeness (QED) is 0.811. The molecule has 0 fully saturated rings. The average molecular weight is 235 g/mol. The van der Waals surface area contributed by atoms with Crippen LogP contribution in [-0.2, 0) is 0 Å². The van der Waals surface area contributed by atoms with Gasteiger partial charge in [0.2, 0.25) is 0 Å². The van der Waals surface area contributed by atoms with Gasteiger partial charge in [-0.1, -0.05) is 12.1 Å². The topological polar surface area (TPSA) is 67.6 Å². The summed E-state index contributed by atoms with van der Waals surface area (Å²) >= 11 is 0. The van der Waals surface area contributed by atoms with Gasteiger partial charge >= 0.3 is 6.03 Å². The molecule has 92 valence electrons. The molecule has 1 aliphatic rings. The fourth-order valence-electron chi connectivity index (χ4n) is 2.01. The molecule has 1 aliphatic heterocycles. The highest BCUT2D eigenvalue weighted by Gasteiger charge is 2.23. The lowest BCUT2D eigenvalue weighted by molar-refractivity contribution is 0.160. The minimum absolute atomic E-state index is 0.0371. The fraction of sp³-hybridized carbons (Fsp3) is 0.417. The number of nitrogens with one attached hydrogen (secondary N) is 1. The van der Waals surface area contributed by atoms with E-state index < -0.39 is 6.03 Å². The van der Waals surface area contributed by atoms with Gasteiger partial charge in [-0.05, 0) is 19.1 Å². The van der Waals surface area contributed by atoms with Crippen LogP contribution < -0.4 is 15.8 Å². The van der Waals surface area contributed by atoms with E-state index in [0.29, 0.717) is 19.7 Å². The number of para-hydroxylation sites is 2. The lowest BCUT2D eigenvalue weighted by atomic mass is 10.2. The van der Waals surface area contributed by atoms with E-state index in [1.807, 2.05) is 31.2 Å². The number of carbonyl (C=O) groups excluding carboxylic acids is 1. The van der Waals surface area contributed by atoms with Gasteiger partial charge in [0.25, 0.3) is 0 Å². The second-order valence-electron chi connectivity index (χ2n) is 3.97. The first-order chi connectivity index (χ1) is 8.22. The molecule has 2 amide bonds. The van der Waals surface area contributed by atoms with E-state index in [1.54, 1.807) is 4.90 Å². The summed E-state index contributed by atoms with van der Waals surface area (Å²) in [4.78, 5) is 12.9. The first-order valence-corrected chi connectivity index (χ1v) is 5.74. The van der Waals surface area contributed by atoms with Gasteiger partial charge < -0.3 is 20.7 Å². The molecule has 0 aromatic heterocycles. The zero-order valence-corrected chi connectivity index (χ0v) is 9.85. The number of likely N-dealkylation sites (N-methyl/N-ethyl adjacent to an activating group) is 1. The second-order valence-corrected chi connectivity index (χ2v) is 3.97. The van der Waals surface area contributed by atoms with Gasteiger partial charge in [0, 0.05) is 13.1 Å². The van der Waals surface area contributed by atoms with Crippen molar-refractivity contribution in [3.8, 4) is 5.75 Å². The van der Waals surface area contributed by atoms with Crippen LogP contribution in [0.5, 0.6) is 5.75 Å². The van der Waals surface area contributed by atoms with Crippen molar-refractivity contribution in [3.05, 3.63) is 24.3 Å². The summed E-state index contributed by atoms with van der Waals surface area (Å²) in [5.74, 6) is 0.815. The number of carbonyl (C=O) groups is 1. The molecule has 1 heterocycles. The normalized spacial score (nSPS) is 18.3. The summed E-state index contributed by atoms with van der Waals surface area (Å²) in [6.45, 7) is 3.60. The van der Waals surface area contributed by atoms with Crippen LogP contribution in [0.2, 0.25) is 0 Å². The Bertz CT molecular complexity index is 381. The summed E-state index contributed by atoms with van der Waals surface area (Å²) in [5, 5.41) is 3.27. The number of ether oxygens (including phenoxy) is 1. The first-order valence-electron chi connectivity index (χ1n) is 5.74. The van der Waals surface area contributed by atoms with Gasteiger partial charge in [-0.15, -0.1) is 0 Å². The van der Waals surface area contributed by atoms with Crippen LogP contribution in [0.3, 0.4) is 0 Å². The maximum Gasteiger partial charge on any atom is 0.315 e. The van der Waals surface area contributed by atoms with E-state index >= 15 is 0 Å². The first kappa shape index (κ1) is 11.6. The molecular weight excluding hydrogens is 218 g/mol. The largest absolute Gasteiger partial charge is 0.489 e. The van der Waals surface area contributed by atoms with Crippen LogP contribution >= 0.6 is 0 Å². The Hall–Kier alpha value is -1.91. The van der Waals surface area contributed by atoms with E-state index in [9.17, 15) is 4.79 Å². The van der Waals surface area contributed by atoms with Crippen molar-refractivity contribution in [1.82, 2.24) is 4.90 Å². The molecule has 2 rings (SSSR count). The molecule has 3 N–H and O–H groups in total. The number of fused-ring (bicyclic) bond motifs is 1. The van der Waals surface area contributed by atoms with E-state index in [2.05, 4.69) is 5.32 Å². The Morgan fingerprint density at radius 3 is 3.06 bits per heavy atom. The number of primary amides is 1.